The Morgan fingerprint density at radius 2 is 1.78 bits per heavy atom. The molecule has 0 unspecified atom stereocenters. The van der Waals surface area contributed by atoms with Gasteiger partial charge in [0, 0.05) is 17.7 Å². The molecule has 3 N–H and O–H groups in total. The summed E-state index contributed by atoms with van der Waals surface area (Å²) in [7, 11) is 0. The zero-order valence-corrected chi connectivity index (χ0v) is 13.3. The summed E-state index contributed by atoms with van der Waals surface area (Å²) in [5.74, 6) is -1.39. The molecule has 6 nitrogen and oxygen atoms in total. The molecule has 0 spiro atoms. The number of hydrogen-bond donors (Lipinski definition) is 3. The van der Waals surface area contributed by atoms with Gasteiger partial charge in [0.05, 0.1) is 10.4 Å². The number of para-hydroxylation sites is 1. The third-order valence-corrected chi connectivity index (χ3v) is 4.10. The summed E-state index contributed by atoms with van der Waals surface area (Å²) in [6.07, 6.45) is 0.0368. The van der Waals surface area contributed by atoms with Crippen LogP contribution in [-0.2, 0) is 4.79 Å². The van der Waals surface area contributed by atoms with E-state index >= 15 is 0 Å². The van der Waals surface area contributed by atoms with Crippen LogP contribution in [0.25, 0.3) is 0 Å². The molecule has 1 heterocycles. The third-order valence-electron chi connectivity index (χ3n) is 3.06. The molecule has 23 heavy (non-hydrogen) atoms. The standard InChI is InChI=1S/C16H16N2O4S/c1-10-6-8-14(23-10)13(20)7-9-15(21)17-18-16(22)11-4-2-3-5-12(11)19/h2-6,8,19H,7,9H2,1H3,(H,17,21)(H,18,22). The van der Waals surface area contributed by atoms with Crippen molar-refractivity contribution in [3.8, 4) is 5.75 Å². The Labute approximate surface area is 137 Å². The van der Waals surface area contributed by atoms with E-state index < -0.39 is 11.8 Å². The average molecular weight is 332 g/mol. The first-order valence-corrected chi connectivity index (χ1v) is 7.76. The first-order chi connectivity index (χ1) is 11.0. The number of nitrogens with one attached hydrogen (secondary N) is 2. The number of carbonyl (C=O) groups is 3. The molecule has 0 radical (unpaired) electrons. The summed E-state index contributed by atoms with van der Waals surface area (Å²) in [6.45, 7) is 1.91. The van der Waals surface area contributed by atoms with Crippen molar-refractivity contribution in [3.05, 3.63) is 51.7 Å². The minimum atomic E-state index is -0.628. The molecule has 0 aliphatic heterocycles. The second kappa shape index (κ2) is 7.55. The number of rotatable bonds is 5. The van der Waals surface area contributed by atoms with Crippen molar-refractivity contribution in [1.29, 1.82) is 0 Å². The number of phenolic OH excluding ortho intramolecular Hbond substituents is 1. The number of hydrogen-bond acceptors (Lipinski definition) is 5. The largest absolute Gasteiger partial charge is 0.507 e. The zero-order valence-electron chi connectivity index (χ0n) is 12.5. The van der Waals surface area contributed by atoms with E-state index in [1.54, 1.807) is 18.2 Å². The lowest BCUT2D eigenvalue weighted by atomic mass is 10.2. The lowest BCUT2D eigenvalue weighted by molar-refractivity contribution is -0.121. The Morgan fingerprint density at radius 3 is 2.43 bits per heavy atom. The zero-order chi connectivity index (χ0) is 16.8. The topological polar surface area (TPSA) is 95.5 Å². The Kier molecular flexibility index (Phi) is 5.48. The van der Waals surface area contributed by atoms with Crippen molar-refractivity contribution in [2.24, 2.45) is 0 Å². The van der Waals surface area contributed by atoms with Gasteiger partial charge in [-0.15, -0.1) is 11.3 Å². The fourth-order valence-electron chi connectivity index (χ4n) is 1.86. The fraction of sp³-hybridized carbons (Fsp3) is 0.188. The van der Waals surface area contributed by atoms with Gasteiger partial charge in [-0.05, 0) is 31.2 Å². The van der Waals surface area contributed by atoms with E-state index in [1.807, 2.05) is 13.0 Å². The second-order valence-electron chi connectivity index (χ2n) is 4.85. The molecule has 0 saturated carbocycles. The summed E-state index contributed by atoms with van der Waals surface area (Å²) in [4.78, 5) is 37.0. The Morgan fingerprint density at radius 1 is 1.04 bits per heavy atom. The Hall–Kier alpha value is -2.67. The van der Waals surface area contributed by atoms with Gasteiger partial charge in [-0.3, -0.25) is 25.2 Å². The molecule has 0 atom stereocenters. The van der Waals surface area contributed by atoms with E-state index in [4.69, 9.17) is 0 Å². The summed E-state index contributed by atoms with van der Waals surface area (Å²) in [5, 5.41) is 9.53. The quantitative estimate of drug-likeness (QED) is 0.578. The first-order valence-electron chi connectivity index (χ1n) is 6.94. The molecule has 2 amide bonds. The highest BCUT2D eigenvalue weighted by Crippen LogP contribution is 2.17. The van der Waals surface area contributed by atoms with Crippen LogP contribution in [0.5, 0.6) is 5.75 Å². The van der Waals surface area contributed by atoms with Crippen molar-refractivity contribution < 1.29 is 19.5 Å². The monoisotopic (exact) mass is 332 g/mol. The van der Waals surface area contributed by atoms with Gasteiger partial charge < -0.3 is 5.11 Å². The van der Waals surface area contributed by atoms with Crippen LogP contribution in [-0.4, -0.2) is 22.7 Å². The molecule has 120 valence electrons. The normalized spacial score (nSPS) is 10.1. The number of ketones is 1. The number of Topliss-reactive ketones (excluding diaryl/α,β-unsaturated/α-hetero) is 1. The van der Waals surface area contributed by atoms with E-state index in [2.05, 4.69) is 10.9 Å². The molecule has 1 aromatic heterocycles. The van der Waals surface area contributed by atoms with Gasteiger partial charge in [0.2, 0.25) is 5.91 Å². The van der Waals surface area contributed by atoms with Crippen LogP contribution in [0, 0.1) is 6.92 Å². The molecule has 0 aliphatic carbocycles. The van der Waals surface area contributed by atoms with E-state index in [1.165, 1.54) is 23.5 Å². The van der Waals surface area contributed by atoms with Gasteiger partial charge >= 0.3 is 0 Å². The van der Waals surface area contributed by atoms with Crippen molar-refractivity contribution in [3.63, 3.8) is 0 Å². The van der Waals surface area contributed by atoms with Gasteiger partial charge in [0.15, 0.2) is 5.78 Å². The maximum absolute atomic E-state index is 11.9. The highest BCUT2D eigenvalue weighted by molar-refractivity contribution is 7.14. The number of hydrazine groups is 1. The number of aromatic hydroxyl groups is 1. The van der Waals surface area contributed by atoms with Crippen LogP contribution in [0.4, 0.5) is 0 Å². The molecular weight excluding hydrogens is 316 g/mol. The number of thiophene rings is 1. The van der Waals surface area contributed by atoms with Crippen molar-refractivity contribution >= 4 is 28.9 Å². The van der Waals surface area contributed by atoms with E-state index in [-0.39, 0.29) is 29.9 Å². The number of phenols is 1. The van der Waals surface area contributed by atoms with Crippen LogP contribution >= 0.6 is 11.3 Å². The lowest BCUT2D eigenvalue weighted by Crippen LogP contribution is -2.41. The number of benzene rings is 1. The molecular formula is C16H16N2O4S. The summed E-state index contributed by atoms with van der Waals surface area (Å²) in [6, 6.07) is 9.57. The predicted octanol–water partition coefficient (Wildman–Crippen LogP) is 2.19. The minimum Gasteiger partial charge on any atom is -0.507 e. The number of aryl methyl sites for hydroxylation is 1. The van der Waals surface area contributed by atoms with Crippen LogP contribution in [0.3, 0.4) is 0 Å². The van der Waals surface area contributed by atoms with Gasteiger partial charge in [0.25, 0.3) is 5.91 Å². The van der Waals surface area contributed by atoms with Gasteiger partial charge in [-0.25, -0.2) is 0 Å². The second-order valence-corrected chi connectivity index (χ2v) is 6.14. The van der Waals surface area contributed by atoms with Crippen LogP contribution in [0.2, 0.25) is 0 Å². The van der Waals surface area contributed by atoms with Crippen LogP contribution in [0.15, 0.2) is 36.4 Å². The molecule has 2 rings (SSSR count). The Balaban J connectivity index is 1.78. The van der Waals surface area contributed by atoms with Crippen molar-refractivity contribution in [1.82, 2.24) is 10.9 Å². The van der Waals surface area contributed by atoms with Crippen LogP contribution < -0.4 is 10.9 Å². The SMILES string of the molecule is Cc1ccc(C(=O)CCC(=O)NNC(=O)c2ccccc2O)s1. The highest BCUT2D eigenvalue weighted by Gasteiger charge is 2.13. The molecule has 2 aromatic rings. The predicted molar refractivity (Wildman–Crippen MR) is 86.3 cm³/mol. The summed E-state index contributed by atoms with van der Waals surface area (Å²) < 4.78 is 0. The number of amides is 2. The summed E-state index contributed by atoms with van der Waals surface area (Å²) in [5.41, 5.74) is 4.48. The fourth-order valence-corrected chi connectivity index (χ4v) is 2.69. The molecule has 0 fully saturated rings. The molecule has 0 saturated heterocycles. The van der Waals surface area contributed by atoms with Crippen molar-refractivity contribution in [2.45, 2.75) is 19.8 Å². The first kappa shape index (κ1) is 16.7. The number of carbonyl (C=O) groups excluding carboxylic acids is 3. The van der Waals surface area contributed by atoms with E-state index in [0.29, 0.717) is 4.88 Å². The van der Waals surface area contributed by atoms with Gasteiger partial charge in [0.1, 0.15) is 5.75 Å². The highest BCUT2D eigenvalue weighted by atomic mass is 32.1. The Bertz CT molecular complexity index is 739. The lowest BCUT2D eigenvalue weighted by Gasteiger charge is -2.08. The molecule has 0 bridgehead atoms. The van der Waals surface area contributed by atoms with Gasteiger partial charge in [-0.1, -0.05) is 12.1 Å². The summed E-state index contributed by atoms with van der Waals surface area (Å²) >= 11 is 1.39. The average Bonchev–Trinajstić information content (AvgIpc) is 2.97. The maximum Gasteiger partial charge on any atom is 0.273 e. The van der Waals surface area contributed by atoms with Crippen molar-refractivity contribution in [2.75, 3.05) is 0 Å². The minimum absolute atomic E-state index is 0.0309. The smallest absolute Gasteiger partial charge is 0.273 e. The molecule has 7 heteroatoms. The third kappa shape index (κ3) is 4.65. The molecule has 1 aromatic carbocycles. The van der Waals surface area contributed by atoms with Gasteiger partial charge in [-0.2, -0.15) is 0 Å². The van der Waals surface area contributed by atoms with E-state index in [0.717, 1.165) is 4.88 Å². The molecule has 0 aliphatic rings. The van der Waals surface area contributed by atoms with Crippen LogP contribution in [0.1, 0.15) is 37.7 Å². The maximum atomic E-state index is 11.9. The van der Waals surface area contributed by atoms with E-state index in [9.17, 15) is 19.5 Å².